The molecule has 0 spiro atoms. The standard InChI is InChI=1S/C13H11Br2NO3S/c1-8-7-10(17)11(14)12(15)13(8)16-20(18,19)9-5-3-2-4-6-9/h2-7,11,16H,1H3. The van der Waals surface area contributed by atoms with Crippen LogP contribution in [0.2, 0.25) is 0 Å². The van der Waals surface area contributed by atoms with Crippen molar-refractivity contribution >= 4 is 47.7 Å². The van der Waals surface area contributed by atoms with Gasteiger partial charge in [0, 0.05) is 4.48 Å². The van der Waals surface area contributed by atoms with Gasteiger partial charge in [-0.15, -0.1) is 0 Å². The number of hydrogen-bond acceptors (Lipinski definition) is 3. The van der Waals surface area contributed by atoms with Crippen LogP contribution < -0.4 is 4.72 Å². The number of alkyl halides is 1. The third kappa shape index (κ3) is 3.05. The third-order valence-corrected chi connectivity index (χ3v) is 6.50. The van der Waals surface area contributed by atoms with E-state index in [1.165, 1.54) is 18.2 Å². The molecule has 1 aliphatic carbocycles. The summed E-state index contributed by atoms with van der Waals surface area (Å²) >= 11 is 6.49. The van der Waals surface area contributed by atoms with Crippen LogP contribution in [-0.2, 0) is 14.8 Å². The van der Waals surface area contributed by atoms with Crippen LogP contribution in [-0.4, -0.2) is 19.0 Å². The Bertz CT molecular complexity index is 708. The molecule has 2 rings (SSSR count). The van der Waals surface area contributed by atoms with E-state index in [0.29, 0.717) is 15.8 Å². The zero-order valence-electron chi connectivity index (χ0n) is 10.4. The number of hydrogen-bond donors (Lipinski definition) is 1. The van der Waals surface area contributed by atoms with Gasteiger partial charge in [-0.05, 0) is 30.7 Å². The fourth-order valence-electron chi connectivity index (χ4n) is 1.72. The second-order valence-corrected chi connectivity index (χ2v) is 7.69. The fraction of sp³-hybridized carbons (Fsp3) is 0.154. The van der Waals surface area contributed by atoms with Crippen LogP contribution in [0.5, 0.6) is 0 Å². The second kappa shape index (κ2) is 5.83. The van der Waals surface area contributed by atoms with E-state index < -0.39 is 14.9 Å². The highest BCUT2D eigenvalue weighted by atomic mass is 79.9. The molecule has 106 valence electrons. The molecule has 1 atom stereocenters. The highest BCUT2D eigenvalue weighted by Crippen LogP contribution is 2.31. The zero-order valence-corrected chi connectivity index (χ0v) is 14.4. The fourth-order valence-corrected chi connectivity index (χ4v) is 4.02. The van der Waals surface area contributed by atoms with Crippen LogP contribution in [0, 0.1) is 0 Å². The van der Waals surface area contributed by atoms with Gasteiger partial charge in [-0.1, -0.05) is 50.1 Å². The lowest BCUT2D eigenvalue weighted by atomic mass is 10.0. The van der Waals surface area contributed by atoms with Gasteiger partial charge in [-0.25, -0.2) is 8.42 Å². The number of benzene rings is 1. The average molecular weight is 421 g/mol. The second-order valence-electron chi connectivity index (χ2n) is 4.23. The normalized spacial score (nSPS) is 19.9. The molecule has 0 amide bonds. The van der Waals surface area contributed by atoms with Crippen molar-refractivity contribution in [2.75, 3.05) is 0 Å². The largest absolute Gasteiger partial charge is 0.293 e. The van der Waals surface area contributed by atoms with Gasteiger partial charge in [0.1, 0.15) is 4.83 Å². The molecule has 0 aromatic heterocycles. The minimum absolute atomic E-state index is 0.128. The number of sulfonamides is 1. The number of rotatable bonds is 3. The molecular weight excluding hydrogens is 410 g/mol. The van der Waals surface area contributed by atoms with Crippen molar-refractivity contribution in [2.45, 2.75) is 16.6 Å². The predicted octanol–water partition coefficient (Wildman–Crippen LogP) is 2.86. The number of carbonyl (C=O) groups excluding carboxylic acids is 1. The topological polar surface area (TPSA) is 63.2 Å². The quantitative estimate of drug-likeness (QED) is 0.764. The maximum absolute atomic E-state index is 12.3. The Morgan fingerprint density at radius 2 is 1.80 bits per heavy atom. The molecule has 0 heterocycles. The molecule has 1 N–H and O–H groups in total. The number of nitrogens with one attached hydrogen (secondary N) is 1. The van der Waals surface area contributed by atoms with Crippen LogP contribution in [0.25, 0.3) is 0 Å². The Labute approximate surface area is 134 Å². The molecule has 0 aliphatic heterocycles. The van der Waals surface area contributed by atoms with Crippen LogP contribution in [0.3, 0.4) is 0 Å². The first-order chi connectivity index (χ1) is 9.33. The first kappa shape index (κ1) is 15.5. The minimum Gasteiger partial charge on any atom is -0.293 e. The molecule has 0 saturated carbocycles. The number of carbonyl (C=O) groups is 1. The molecule has 0 radical (unpaired) electrons. The summed E-state index contributed by atoms with van der Waals surface area (Å²) in [6.07, 6.45) is 1.41. The van der Waals surface area contributed by atoms with Gasteiger partial charge in [-0.3, -0.25) is 9.52 Å². The lowest BCUT2D eigenvalue weighted by molar-refractivity contribution is -0.113. The van der Waals surface area contributed by atoms with Crippen LogP contribution >= 0.6 is 31.9 Å². The molecule has 0 saturated heterocycles. The van der Waals surface area contributed by atoms with E-state index in [4.69, 9.17) is 0 Å². The Balaban J connectivity index is 2.40. The SMILES string of the molecule is CC1=CC(=O)C(Br)C(Br)=C1NS(=O)(=O)c1ccccc1. The highest BCUT2D eigenvalue weighted by molar-refractivity contribution is 9.14. The van der Waals surface area contributed by atoms with E-state index in [1.54, 1.807) is 25.1 Å². The summed E-state index contributed by atoms with van der Waals surface area (Å²) in [5.41, 5.74) is 0.951. The maximum Gasteiger partial charge on any atom is 0.261 e. The molecule has 1 aliphatic rings. The Hall–Kier alpha value is -0.920. The van der Waals surface area contributed by atoms with Crippen molar-refractivity contribution in [2.24, 2.45) is 0 Å². The van der Waals surface area contributed by atoms with Crippen LogP contribution in [0.1, 0.15) is 6.92 Å². The highest BCUT2D eigenvalue weighted by Gasteiger charge is 2.28. The van der Waals surface area contributed by atoms with Gasteiger partial charge in [0.2, 0.25) is 0 Å². The summed E-state index contributed by atoms with van der Waals surface area (Å²) in [6.45, 7) is 1.68. The van der Waals surface area contributed by atoms with Crippen LogP contribution in [0.15, 0.2) is 57.1 Å². The lowest BCUT2D eigenvalue weighted by Crippen LogP contribution is -2.29. The molecule has 1 aromatic carbocycles. The summed E-state index contributed by atoms with van der Waals surface area (Å²) in [5, 5.41) is 0. The van der Waals surface area contributed by atoms with Gasteiger partial charge in [0.05, 0.1) is 10.6 Å². The molecular formula is C13H11Br2NO3S. The summed E-state index contributed by atoms with van der Waals surface area (Å²) in [5.74, 6) is -0.128. The number of allylic oxidation sites excluding steroid dienone is 3. The molecule has 20 heavy (non-hydrogen) atoms. The van der Waals surface area contributed by atoms with Crippen molar-refractivity contribution in [3.63, 3.8) is 0 Å². The summed E-state index contributed by atoms with van der Waals surface area (Å²) in [4.78, 5) is 11.2. The van der Waals surface area contributed by atoms with Gasteiger partial charge < -0.3 is 0 Å². The zero-order chi connectivity index (χ0) is 14.9. The van der Waals surface area contributed by atoms with E-state index in [1.807, 2.05) is 0 Å². The van der Waals surface area contributed by atoms with Gasteiger partial charge in [0.15, 0.2) is 5.78 Å². The molecule has 1 aromatic rings. The number of ketones is 1. The maximum atomic E-state index is 12.3. The number of halogens is 2. The van der Waals surface area contributed by atoms with Crippen molar-refractivity contribution in [3.8, 4) is 0 Å². The van der Waals surface area contributed by atoms with E-state index in [-0.39, 0.29) is 10.7 Å². The van der Waals surface area contributed by atoms with E-state index >= 15 is 0 Å². The molecule has 4 nitrogen and oxygen atoms in total. The first-order valence-corrected chi connectivity index (χ1v) is 8.86. The van der Waals surface area contributed by atoms with E-state index in [9.17, 15) is 13.2 Å². The third-order valence-electron chi connectivity index (χ3n) is 2.75. The average Bonchev–Trinajstić information content (AvgIpc) is 2.42. The Morgan fingerprint density at radius 1 is 1.20 bits per heavy atom. The molecule has 0 bridgehead atoms. The van der Waals surface area contributed by atoms with Gasteiger partial charge in [-0.2, -0.15) is 0 Å². The van der Waals surface area contributed by atoms with Crippen LogP contribution in [0.4, 0.5) is 0 Å². The first-order valence-electron chi connectivity index (χ1n) is 5.67. The molecule has 7 heteroatoms. The van der Waals surface area contributed by atoms with Crippen molar-refractivity contribution < 1.29 is 13.2 Å². The predicted molar refractivity (Wildman–Crippen MR) is 84.2 cm³/mol. The smallest absolute Gasteiger partial charge is 0.261 e. The Kier molecular flexibility index (Phi) is 4.51. The van der Waals surface area contributed by atoms with Crippen molar-refractivity contribution in [1.29, 1.82) is 0 Å². The Morgan fingerprint density at radius 3 is 2.40 bits per heavy atom. The van der Waals surface area contributed by atoms with Crippen molar-refractivity contribution in [1.82, 2.24) is 4.72 Å². The lowest BCUT2D eigenvalue weighted by Gasteiger charge is -2.20. The molecule has 1 unspecified atom stereocenters. The monoisotopic (exact) mass is 419 g/mol. The van der Waals surface area contributed by atoms with Gasteiger partial charge >= 0.3 is 0 Å². The van der Waals surface area contributed by atoms with E-state index in [2.05, 4.69) is 36.6 Å². The van der Waals surface area contributed by atoms with Crippen molar-refractivity contribution in [3.05, 3.63) is 52.2 Å². The summed E-state index contributed by atoms with van der Waals surface area (Å²) in [6, 6.07) is 8.06. The van der Waals surface area contributed by atoms with Gasteiger partial charge in [0.25, 0.3) is 10.0 Å². The summed E-state index contributed by atoms with van der Waals surface area (Å²) < 4.78 is 27.6. The minimum atomic E-state index is -3.68. The summed E-state index contributed by atoms with van der Waals surface area (Å²) in [7, 11) is -3.68. The van der Waals surface area contributed by atoms with E-state index in [0.717, 1.165) is 0 Å². The molecule has 0 fully saturated rings.